The second-order valence-electron chi connectivity index (χ2n) is 5.17. The molecular weight excluding hydrogens is 144 g/mol. The summed E-state index contributed by atoms with van der Waals surface area (Å²) in [7, 11) is 0. The van der Waals surface area contributed by atoms with Crippen LogP contribution >= 0.6 is 0 Å². The molecule has 0 N–H and O–H groups in total. The molecule has 0 spiro atoms. The molecule has 0 aliphatic heterocycles. The van der Waals surface area contributed by atoms with Crippen molar-refractivity contribution in [3.8, 4) is 0 Å². The average molecular weight is 166 g/mol. The molecule has 12 heavy (non-hydrogen) atoms. The van der Waals surface area contributed by atoms with E-state index >= 15 is 0 Å². The summed E-state index contributed by atoms with van der Waals surface area (Å²) in [6.45, 7) is 11.1. The first-order valence-corrected chi connectivity index (χ1v) is 5.15. The van der Waals surface area contributed by atoms with Gasteiger partial charge in [0.05, 0.1) is 0 Å². The van der Waals surface area contributed by atoms with Gasteiger partial charge in [-0.1, -0.05) is 46.1 Å². The Hall–Kier alpha value is -0.260. The summed E-state index contributed by atoms with van der Waals surface area (Å²) < 4.78 is 0. The number of rotatable bonds is 1. The van der Waals surface area contributed by atoms with Gasteiger partial charge in [0.15, 0.2) is 0 Å². The van der Waals surface area contributed by atoms with Crippen molar-refractivity contribution < 1.29 is 0 Å². The second-order valence-corrected chi connectivity index (χ2v) is 5.17. The van der Waals surface area contributed by atoms with E-state index < -0.39 is 0 Å². The molecule has 1 saturated carbocycles. The molecule has 0 aromatic heterocycles. The smallest absolute Gasteiger partial charge is 0.00724 e. The molecule has 0 unspecified atom stereocenters. The Morgan fingerprint density at radius 2 is 1.58 bits per heavy atom. The van der Waals surface area contributed by atoms with E-state index in [2.05, 4.69) is 33.4 Å². The Morgan fingerprint density at radius 1 is 1.08 bits per heavy atom. The van der Waals surface area contributed by atoms with Crippen molar-refractivity contribution in [1.29, 1.82) is 0 Å². The van der Waals surface area contributed by atoms with Crippen LogP contribution in [0, 0.1) is 10.8 Å². The maximum absolute atomic E-state index is 4.02. The van der Waals surface area contributed by atoms with Crippen LogP contribution in [0.15, 0.2) is 12.7 Å². The van der Waals surface area contributed by atoms with Crippen LogP contribution in [0.5, 0.6) is 0 Å². The fourth-order valence-corrected chi connectivity index (χ4v) is 2.44. The molecule has 0 aromatic carbocycles. The highest BCUT2D eigenvalue weighted by Crippen LogP contribution is 2.50. The van der Waals surface area contributed by atoms with Crippen LogP contribution in [0.4, 0.5) is 0 Å². The van der Waals surface area contributed by atoms with Gasteiger partial charge in [-0.25, -0.2) is 0 Å². The van der Waals surface area contributed by atoms with Crippen molar-refractivity contribution >= 4 is 0 Å². The highest BCUT2D eigenvalue weighted by atomic mass is 14.4. The highest BCUT2D eigenvalue weighted by molar-refractivity contribution is 5.03. The number of allylic oxidation sites excluding steroid dienone is 1. The molecule has 1 aliphatic carbocycles. The monoisotopic (exact) mass is 166 g/mol. The van der Waals surface area contributed by atoms with E-state index in [4.69, 9.17) is 0 Å². The minimum absolute atomic E-state index is 0.398. The van der Waals surface area contributed by atoms with Crippen molar-refractivity contribution in [2.24, 2.45) is 10.8 Å². The summed E-state index contributed by atoms with van der Waals surface area (Å²) in [5, 5.41) is 0. The molecule has 0 atom stereocenters. The van der Waals surface area contributed by atoms with E-state index in [0.29, 0.717) is 10.8 Å². The van der Waals surface area contributed by atoms with Crippen molar-refractivity contribution in [3.63, 3.8) is 0 Å². The molecule has 1 rings (SSSR count). The van der Waals surface area contributed by atoms with Gasteiger partial charge >= 0.3 is 0 Å². The van der Waals surface area contributed by atoms with Gasteiger partial charge in [-0.15, -0.1) is 6.58 Å². The molecule has 0 saturated heterocycles. The lowest BCUT2D eigenvalue weighted by Crippen LogP contribution is -2.35. The van der Waals surface area contributed by atoms with Crippen molar-refractivity contribution in [2.45, 2.75) is 52.9 Å². The highest BCUT2D eigenvalue weighted by Gasteiger charge is 2.39. The molecule has 0 bridgehead atoms. The summed E-state index contributed by atoms with van der Waals surface area (Å²) in [4.78, 5) is 0. The molecule has 0 radical (unpaired) electrons. The van der Waals surface area contributed by atoms with Gasteiger partial charge in [0.2, 0.25) is 0 Å². The van der Waals surface area contributed by atoms with Gasteiger partial charge in [0, 0.05) is 0 Å². The molecule has 1 aliphatic rings. The fraction of sp³-hybridized carbons (Fsp3) is 0.833. The summed E-state index contributed by atoms with van der Waals surface area (Å²) in [5.41, 5.74) is 0.820. The molecule has 0 heterocycles. The predicted octanol–water partition coefficient (Wildman–Crippen LogP) is 4.17. The Kier molecular flexibility index (Phi) is 2.65. The third-order valence-corrected chi connectivity index (χ3v) is 3.63. The third-order valence-electron chi connectivity index (χ3n) is 3.63. The maximum Gasteiger partial charge on any atom is -0.00724 e. The molecule has 0 nitrogen and oxygen atoms in total. The topological polar surface area (TPSA) is 0 Å². The zero-order valence-electron chi connectivity index (χ0n) is 8.82. The largest absolute Gasteiger partial charge is 0.103 e. The Balaban J connectivity index is 2.80. The first-order valence-electron chi connectivity index (χ1n) is 5.15. The molecule has 0 aromatic rings. The summed E-state index contributed by atoms with van der Waals surface area (Å²) >= 11 is 0. The van der Waals surface area contributed by atoms with Crippen LogP contribution in [-0.4, -0.2) is 0 Å². The van der Waals surface area contributed by atoms with Gasteiger partial charge in [-0.3, -0.25) is 0 Å². The minimum atomic E-state index is 0.398. The normalized spacial score (nSPS) is 23.6. The summed E-state index contributed by atoms with van der Waals surface area (Å²) in [5.74, 6) is 0. The van der Waals surface area contributed by atoms with Gasteiger partial charge in [-0.2, -0.15) is 0 Å². The standard InChI is InChI=1S/C12H22/c1-5-12(11(2,3)4)9-7-6-8-10-12/h5H,1,6-10H2,2-4H3. The van der Waals surface area contributed by atoms with Crippen LogP contribution < -0.4 is 0 Å². The molecule has 1 fully saturated rings. The Labute approximate surface area is 77.1 Å². The second kappa shape index (κ2) is 3.24. The molecule has 70 valence electrons. The molecule has 0 amide bonds. The van der Waals surface area contributed by atoms with Crippen molar-refractivity contribution in [3.05, 3.63) is 12.7 Å². The third kappa shape index (κ3) is 1.57. The predicted molar refractivity (Wildman–Crippen MR) is 55.2 cm³/mol. The summed E-state index contributed by atoms with van der Waals surface area (Å²) in [6, 6.07) is 0. The van der Waals surface area contributed by atoms with E-state index in [-0.39, 0.29) is 0 Å². The number of hydrogen-bond acceptors (Lipinski definition) is 0. The number of hydrogen-bond donors (Lipinski definition) is 0. The lowest BCUT2D eigenvalue weighted by molar-refractivity contribution is 0.0932. The fourth-order valence-electron chi connectivity index (χ4n) is 2.44. The van der Waals surface area contributed by atoms with Crippen LogP contribution in [0.1, 0.15) is 52.9 Å². The minimum Gasteiger partial charge on any atom is -0.103 e. The van der Waals surface area contributed by atoms with Crippen molar-refractivity contribution in [1.82, 2.24) is 0 Å². The van der Waals surface area contributed by atoms with Crippen LogP contribution in [0.25, 0.3) is 0 Å². The van der Waals surface area contributed by atoms with Gasteiger partial charge in [-0.05, 0) is 23.7 Å². The Morgan fingerprint density at radius 3 is 1.83 bits per heavy atom. The van der Waals surface area contributed by atoms with E-state index in [1.807, 2.05) is 0 Å². The van der Waals surface area contributed by atoms with Gasteiger partial charge in [0.25, 0.3) is 0 Å². The first-order chi connectivity index (χ1) is 5.52. The zero-order valence-corrected chi connectivity index (χ0v) is 8.82. The zero-order chi connectivity index (χ0) is 9.24. The average Bonchev–Trinajstić information content (AvgIpc) is 2.04. The van der Waals surface area contributed by atoms with Gasteiger partial charge in [0.1, 0.15) is 0 Å². The van der Waals surface area contributed by atoms with Crippen LogP contribution in [0.2, 0.25) is 0 Å². The lowest BCUT2D eigenvalue weighted by Gasteiger charge is -2.45. The molecular formula is C12H22. The van der Waals surface area contributed by atoms with Crippen LogP contribution in [-0.2, 0) is 0 Å². The van der Waals surface area contributed by atoms with Crippen LogP contribution in [0.3, 0.4) is 0 Å². The maximum atomic E-state index is 4.02. The van der Waals surface area contributed by atoms with E-state index in [0.717, 1.165) is 0 Å². The van der Waals surface area contributed by atoms with E-state index in [9.17, 15) is 0 Å². The summed E-state index contributed by atoms with van der Waals surface area (Å²) in [6.07, 6.45) is 9.12. The lowest BCUT2D eigenvalue weighted by atomic mass is 9.59. The molecule has 0 heteroatoms. The van der Waals surface area contributed by atoms with E-state index in [1.165, 1.54) is 32.1 Å². The van der Waals surface area contributed by atoms with Gasteiger partial charge < -0.3 is 0 Å². The van der Waals surface area contributed by atoms with E-state index in [1.54, 1.807) is 0 Å². The SMILES string of the molecule is C=CC1(C(C)(C)C)CCCCC1. The quantitative estimate of drug-likeness (QED) is 0.513. The first kappa shape index (κ1) is 9.83. The Bertz CT molecular complexity index is 153. The van der Waals surface area contributed by atoms with Crippen molar-refractivity contribution in [2.75, 3.05) is 0 Å².